The number of rotatable bonds is 6. The third-order valence-corrected chi connectivity index (χ3v) is 13.2. The van der Waals surface area contributed by atoms with E-state index in [-0.39, 0.29) is 0 Å². The average molecular weight is 814 g/mol. The van der Waals surface area contributed by atoms with Crippen LogP contribution in [0.4, 0.5) is 17.1 Å². The monoisotopic (exact) mass is 813 g/mol. The van der Waals surface area contributed by atoms with Gasteiger partial charge in [0, 0.05) is 33.2 Å². The highest BCUT2D eigenvalue weighted by molar-refractivity contribution is 6.19. The van der Waals surface area contributed by atoms with E-state index in [0.29, 0.717) is 0 Å². The van der Waals surface area contributed by atoms with E-state index in [1.165, 1.54) is 70.7 Å². The lowest BCUT2D eigenvalue weighted by Gasteiger charge is -2.26. The third kappa shape index (κ3) is 5.88. The molecule has 0 saturated carbocycles. The standard InChI is InChI=1S/C62H39NO/c1-4-16-51-41(11-1)23-24-47-37-44(30-35-53(47)51)40-25-31-48(32-26-40)63(49-33-27-43(28-34-49)59-39-46-13-3-5-17-52(46)56-19-7-8-20-57(56)59)50-15-9-14-45(38-50)54-21-10-22-60-61(54)58-36-29-42-12-2-6-18-55(42)62(58)64-60/h1-39H. The molecule has 13 rings (SSSR count). The van der Waals surface area contributed by atoms with E-state index in [9.17, 15) is 0 Å². The van der Waals surface area contributed by atoms with Gasteiger partial charge in [-0.15, -0.1) is 0 Å². The largest absolute Gasteiger partial charge is 0.455 e. The van der Waals surface area contributed by atoms with Crippen LogP contribution in [0.15, 0.2) is 241 Å². The van der Waals surface area contributed by atoms with Gasteiger partial charge in [0.2, 0.25) is 0 Å². The van der Waals surface area contributed by atoms with E-state index in [1.54, 1.807) is 0 Å². The van der Waals surface area contributed by atoms with Crippen LogP contribution in [0.2, 0.25) is 0 Å². The van der Waals surface area contributed by atoms with Gasteiger partial charge in [-0.3, -0.25) is 0 Å². The van der Waals surface area contributed by atoms with E-state index >= 15 is 0 Å². The zero-order valence-corrected chi connectivity index (χ0v) is 34.9. The first-order valence-corrected chi connectivity index (χ1v) is 22.0. The molecule has 2 nitrogen and oxygen atoms in total. The molecule has 0 amide bonds. The molecule has 0 aliphatic rings. The number of hydrogen-bond donors (Lipinski definition) is 0. The number of fused-ring (bicyclic) bond motifs is 11. The van der Waals surface area contributed by atoms with Gasteiger partial charge in [-0.2, -0.15) is 0 Å². The topological polar surface area (TPSA) is 16.4 Å². The van der Waals surface area contributed by atoms with Crippen LogP contribution in [0, 0.1) is 0 Å². The van der Waals surface area contributed by atoms with Gasteiger partial charge in [-0.05, 0) is 143 Å². The zero-order chi connectivity index (χ0) is 42.1. The maximum atomic E-state index is 6.62. The molecule has 0 aliphatic heterocycles. The zero-order valence-electron chi connectivity index (χ0n) is 34.9. The van der Waals surface area contributed by atoms with Gasteiger partial charge in [0.05, 0.1) is 0 Å². The first kappa shape index (κ1) is 36.2. The van der Waals surface area contributed by atoms with E-state index in [2.05, 4.69) is 241 Å². The summed E-state index contributed by atoms with van der Waals surface area (Å²) < 4.78 is 6.62. The molecule has 1 heterocycles. The Morgan fingerprint density at radius 2 is 0.812 bits per heavy atom. The Labute approximate surface area is 370 Å². The summed E-state index contributed by atoms with van der Waals surface area (Å²) in [5.41, 5.74) is 12.1. The Kier molecular flexibility index (Phi) is 8.25. The van der Waals surface area contributed by atoms with Crippen LogP contribution in [0.3, 0.4) is 0 Å². The van der Waals surface area contributed by atoms with Gasteiger partial charge in [0.1, 0.15) is 11.2 Å². The van der Waals surface area contributed by atoms with Crippen molar-refractivity contribution in [3.63, 3.8) is 0 Å². The van der Waals surface area contributed by atoms with Crippen LogP contribution in [0.1, 0.15) is 0 Å². The summed E-state index contributed by atoms with van der Waals surface area (Å²) in [7, 11) is 0. The Bertz CT molecular complexity index is 3950. The van der Waals surface area contributed by atoms with Crippen LogP contribution in [-0.2, 0) is 0 Å². The summed E-state index contributed by atoms with van der Waals surface area (Å²) in [4.78, 5) is 2.38. The fourth-order valence-corrected chi connectivity index (χ4v) is 10.1. The maximum absolute atomic E-state index is 6.62. The highest BCUT2D eigenvalue weighted by Crippen LogP contribution is 2.43. The minimum atomic E-state index is 0.889. The average Bonchev–Trinajstić information content (AvgIpc) is 3.76. The molecule has 298 valence electrons. The Morgan fingerprint density at radius 3 is 1.59 bits per heavy atom. The first-order chi connectivity index (χ1) is 31.7. The fourth-order valence-electron chi connectivity index (χ4n) is 10.1. The Morgan fingerprint density at radius 1 is 0.266 bits per heavy atom. The molecule has 0 N–H and O–H groups in total. The summed E-state index contributed by atoms with van der Waals surface area (Å²) in [5.74, 6) is 0. The van der Waals surface area contributed by atoms with E-state index in [4.69, 9.17) is 4.42 Å². The summed E-state index contributed by atoms with van der Waals surface area (Å²) in [6.45, 7) is 0. The van der Waals surface area contributed by atoms with Gasteiger partial charge in [0.15, 0.2) is 0 Å². The molecule has 0 spiro atoms. The van der Waals surface area contributed by atoms with Crippen molar-refractivity contribution < 1.29 is 4.42 Å². The lowest BCUT2D eigenvalue weighted by molar-refractivity contribution is 0.673. The highest BCUT2D eigenvalue weighted by Gasteiger charge is 2.19. The third-order valence-electron chi connectivity index (χ3n) is 13.2. The lowest BCUT2D eigenvalue weighted by Crippen LogP contribution is -2.10. The lowest BCUT2D eigenvalue weighted by atomic mass is 9.93. The highest BCUT2D eigenvalue weighted by atomic mass is 16.3. The van der Waals surface area contributed by atoms with Crippen molar-refractivity contribution in [2.75, 3.05) is 4.90 Å². The number of furan rings is 1. The summed E-state index contributed by atoms with van der Waals surface area (Å²) in [6, 6.07) is 86.1. The van der Waals surface area contributed by atoms with Crippen LogP contribution >= 0.6 is 0 Å². The van der Waals surface area contributed by atoms with Crippen molar-refractivity contribution in [1.82, 2.24) is 0 Å². The summed E-state index contributed by atoms with van der Waals surface area (Å²) >= 11 is 0. The maximum Gasteiger partial charge on any atom is 0.143 e. The van der Waals surface area contributed by atoms with Crippen LogP contribution in [0.5, 0.6) is 0 Å². The number of benzene rings is 12. The number of anilines is 3. The van der Waals surface area contributed by atoms with E-state index in [0.717, 1.165) is 55.5 Å². The smallest absolute Gasteiger partial charge is 0.143 e. The second kappa shape index (κ2) is 14.6. The fraction of sp³-hybridized carbons (Fsp3) is 0. The minimum absolute atomic E-state index is 0.889. The van der Waals surface area contributed by atoms with Crippen molar-refractivity contribution in [3.05, 3.63) is 237 Å². The van der Waals surface area contributed by atoms with Crippen molar-refractivity contribution in [1.29, 1.82) is 0 Å². The molecule has 0 fully saturated rings. The molecule has 1 aromatic heterocycles. The van der Waals surface area contributed by atoms with E-state index in [1.807, 2.05) is 0 Å². The molecule has 0 atom stereocenters. The van der Waals surface area contributed by atoms with Gasteiger partial charge >= 0.3 is 0 Å². The summed E-state index contributed by atoms with van der Waals surface area (Å²) in [5, 5.41) is 14.7. The molecule has 2 heteroatoms. The predicted octanol–water partition coefficient (Wildman–Crippen LogP) is 17.8. The summed E-state index contributed by atoms with van der Waals surface area (Å²) in [6.07, 6.45) is 0. The molecule has 0 aliphatic carbocycles. The van der Waals surface area contributed by atoms with Crippen molar-refractivity contribution in [2.45, 2.75) is 0 Å². The van der Waals surface area contributed by atoms with Gasteiger partial charge in [-0.25, -0.2) is 0 Å². The van der Waals surface area contributed by atoms with Crippen LogP contribution in [0.25, 0.3) is 109 Å². The molecule has 64 heavy (non-hydrogen) atoms. The van der Waals surface area contributed by atoms with E-state index < -0.39 is 0 Å². The van der Waals surface area contributed by atoms with Crippen molar-refractivity contribution in [2.24, 2.45) is 0 Å². The number of nitrogens with zero attached hydrogens (tertiary/aromatic N) is 1. The quantitative estimate of drug-likeness (QED) is 0.156. The van der Waals surface area contributed by atoms with Gasteiger partial charge < -0.3 is 9.32 Å². The van der Waals surface area contributed by atoms with Crippen LogP contribution in [-0.4, -0.2) is 0 Å². The Balaban J connectivity index is 0.941. The Hall–Kier alpha value is -8.46. The molecule has 0 radical (unpaired) electrons. The minimum Gasteiger partial charge on any atom is -0.455 e. The predicted molar refractivity (Wildman–Crippen MR) is 272 cm³/mol. The van der Waals surface area contributed by atoms with Gasteiger partial charge in [0.25, 0.3) is 0 Å². The van der Waals surface area contributed by atoms with Crippen molar-refractivity contribution >= 4 is 92.9 Å². The SMILES string of the molecule is c1cc(-c2cccc3oc4c5ccccc5ccc4c23)cc(N(c2ccc(-c3ccc4c(ccc5ccccc54)c3)cc2)c2ccc(-c3cc4ccccc4c4ccccc34)cc2)c1. The second-order valence-corrected chi connectivity index (χ2v) is 16.8. The normalized spacial score (nSPS) is 11.8. The molecule has 12 aromatic carbocycles. The molecule has 13 aromatic rings. The number of hydrogen-bond acceptors (Lipinski definition) is 2. The molecular weight excluding hydrogens is 775 g/mol. The molecule has 0 unspecified atom stereocenters. The molecule has 0 saturated heterocycles. The molecule has 0 bridgehead atoms. The first-order valence-electron chi connectivity index (χ1n) is 22.0. The van der Waals surface area contributed by atoms with Crippen molar-refractivity contribution in [3.8, 4) is 33.4 Å². The van der Waals surface area contributed by atoms with Crippen LogP contribution < -0.4 is 4.90 Å². The molecular formula is C62H39NO. The van der Waals surface area contributed by atoms with Gasteiger partial charge in [-0.1, -0.05) is 176 Å². The second-order valence-electron chi connectivity index (χ2n) is 16.8.